The second kappa shape index (κ2) is 6.08. The van der Waals surface area contributed by atoms with Crippen LogP contribution in [-0.2, 0) is 4.79 Å². The summed E-state index contributed by atoms with van der Waals surface area (Å²) in [5.41, 5.74) is 2.71. The molecule has 1 saturated heterocycles. The Labute approximate surface area is 110 Å². The van der Waals surface area contributed by atoms with E-state index in [1.54, 1.807) is 6.92 Å². The van der Waals surface area contributed by atoms with Crippen LogP contribution in [-0.4, -0.2) is 46.8 Å². The van der Waals surface area contributed by atoms with Crippen molar-refractivity contribution in [3.05, 3.63) is 0 Å². The molecule has 2 unspecified atom stereocenters. The summed E-state index contributed by atoms with van der Waals surface area (Å²) in [6.07, 6.45) is -4.60. The first kappa shape index (κ1) is 17.5. The average Bonchev–Trinajstić information content (AvgIpc) is 2.57. The fourth-order valence-corrected chi connectivity index (χ4v) is 1.75. The number of likely N-dealkylation sites (tertiary alicyclic amines) is 1. The molecule has 0 saturated carbocycles. The van der Waals surface area contributed by atoms with Crippen LogP contribution in [0.15, 0.2) is 0 Å². The van der Waals surface area contributed by atoms with Crippen molar-refractivity contribution < 1.29 is 23.1 Å². The van der Waals surface area contributed by atoms with Gasteiger partial charge in [0.05, 0.1) is 6.54 Å². The normalized spacial score (nSPS) is 25.8. The minimum atomic E-state index is -4.69. The Morgan fingerprint density at radius 3 is 2.50 bits per heavy atom. The summed E-state index contributed by atoms with van der Waals surface area (Å²) < 4.78 is 37.5. The first-order chi connectivity index (χ1) is 7.66. The van der Waals surface area contributed by atoms with Gasteiger partial charge >= 0.3 is 6.18 Å². The quantitative estimate of drug-likeness (QED) is 0.817. The topological polar surface area (TPSA) is 66.6 Å². The van der Waals surface area contributed by atoms with Crippen molar-refractivity contribution in [3.63, 3.8) is 0 Å². The zero-order valence-electron chi connectivity index (χ0n) is 10.0. The van der Waals surface area contributed by atoms with Gasteiger partial charge in [-0.2, -0.15) is 13.2 Å². The number of rotatable bonds is 3. The van der Waals surface area contributed by atoms with Gasteiger partial charge in [0.15, 0.2) is 5.60 Å². The zero-order valence-corrected chi connectivity index (χ0v) is 10.9. The maximum absolute atomic E-state index is 12.5. The molecule has 1 amide bonds. The second-order valence-corrected chi connectivity index (χ2v) is 4.61. The summed E-state index contributed by atoms with van der Waals surface area (Å²) >= 11 is 0. The van der Waals surface area contributed by atoms with Gasteiger partial charge in [0, 0.05) is 25.4 Å². The Kier molecular flexibility index (Phi) is 5.90. The minimum Gasteiger partial charge on any atom is -0.379 e. The van der Waals surface area contributed by atoms with Crippen LogP contribution in [0.1, 0.15) is 26.2 Å². The van der Waals surface area contributed by atoms with E-state index in [0.717, 1.165) is 4.90 Å². The second-order valence-electron chi connectivity index (χ2n) is 4.61. The summed E-state index contributed by atoms with van der Waals surface area (Å²) in [5, 5.41) is 9.38. The highest BCUT2D eigenvalue weighted by atomic mass is 35.5. The summed E-state index contributed by atoms with van der Waals surface area (Å²) in [6.45, 7) is 0.991. The van der Waals surface area contributed by atoms with Gasteiger partial charge in [-0.15, -0.1) is 12.4 Å². The highest BCUT2D eigenvalue weighted by molar-refractivity contribution is 5.85. The van der Waals surface area contributed by atoms with Crippen molar-refractivity contribution in [3.8, 4) is 0 Å². The van der Waals surface area contributed by atoms with Gasteiger partial charge in [0.25, 0.3) is 0 Å². The first-order valence-electron chi connectivity index (χ1n) is 5.48. The fraction of sp³-hybridized carbons (Fsp3) is 0.900. The predicted octanol–water partition coefficient (Wildman–Crippen LogP) is 1.06. The molecule has 0 aliphatic carbocycles. The smallest absolute Gasteiger partial charge is 0.379 e. The number of nitrogens with zero attached hydrogens (tertiary/aromatic N) is 1. The van der Waals surface area contributed by atoms with Crippen LogP contribution in [0, 0.1) is 0 Å². The molecule has 1 aliphatic heterocycles. The molecule has 18 heavy (non-hydrogen) atoms. The molecule has 0 aromatic rings. The summed E-state index contributed by atoms with van der Waals surface area (Å²) in [7, 11) is 0. The van der Waals surface area contributed by atoms with Crippen LogP contribution < -0.4 is 5.73 Å². The van der Waals surface area contributed by atoms with E-state index < -0.39 is 24.7 Å². The number of aliphatic hydroxyl groups is 1. The van der Waals surface area contributed by atoms with Crippen molar-refractivity contribution in [1.29, 1.82) is 0 Å². The van der Waals surface area contributed by atoms with Crippen molar-refractivity contribution in [2.24, 2.45) is 5.73 Å². The molecular weight excluding hydrogens is 273 g/mol. The molecule has 3 N–H and O–H groups in total. The Morgan fingerprint density at radius 1 is 1.56 bits per heavy atom. The number of halogens is 4. The molecule has 108 valence electrons. The van der Waals surface area contributed by atoms with Crippen LogP contribution in [0.25, 0.3) is 0 Å². The van der Waals surface area contributed by atoms with Gasteiger partial charge in [-0.3, -0.25) is 4.79 Å². The van der Waals surface area contributed by atoms with E-state index in [4.69, 9.17) is 5.73 Å². The molecular formula is C10H18ClF3N2O2. The van der Waals surface area contributed by atoms with E-state index in [1.165, 1.54) is 0 Å². The largest absolute Gasteiger partial charge is 0.419 e. The lowest BCUT2D eigenvalue weighted by Gasteiger charge is -2.26. The third-order valence-electron chi connectivity index (χ3n) is 2.94. The van der Waals surface area contributed by atoms with Gasteiger partial charge in [-0.05, 0) is 13.3 Å². The van der Waals surface area contributed by atoms with Crippen molar-refractivity contribution >= 4 is 18.3 Å². The van der Waals surface area contributed by atoms with Gasteiger partial charge in [0.2, 0.25) is 5.91 Å². The number of carbonyl (C=O) groups is 1. The Morgan fingerprint density at radius 2 is 2.11 bits per heavy atom. The highest BCUT2D eigenvalue weighted by Crippen LogP contribution is 2.37. The van der Waals surface area contributed by atoms with Crippen LogP contribution >= 0.6 is 12.4 Å². The number of amides is 1. The summed E-state index contributed by atoms with van der Waals surface area (Å²) in [4.78, 5) is 12.6. The molecule has 1 aliphatic rings. The number of nitrogens with two attached hydrogens (primary N) is 1. The molecule has 0 aromatic heterocycles. The van der Waals surface area contributed by atoms with Gasteiger partial charge in [-0.1, -0.05) is 0 Å². The molecule has 1 fully saturated rings. The zero-order chi connectivity index (χ0) is 13.3. The van der Waals surface area contributed by atoms with E-state index in [0.29, 0.717) is 6.42 Å². The number of hydrogen-bond donors (Lipinski definition) is 2. The van der Waals surface area contributed by atoms with Gasteiger partial charge < -0.3 is 15.7 Å². The van der Waals surface area contributed by atoms with Crippen LogP contribution in [0.3, 0.4) is 0 Å². The van der Waals surface area contributed by atoms with Crippen molar-refractivity contribution in [2.75, 3.05) is 13.1 Å². The predicted molar refractivity (Wildman–Crippen MR) is 62.3 cm³/mol. The van der Waals surface area contributed by atoms with E-state index >= 15 is 0 Å². The third-order valence-corrected chi connectivity index (χ3v) is 2.94. The highest BCUT2D eigenvalue weighted by Gasteiger charge is 2.57. The number of β-amino-alcohol motifs (C(OH)–C–C–N with tert-alkyl or cyclic N) is 1. The van der Waals surface area contributed by atoms with Crippen molar-refractivity contribution in [2.45, 2.75) is 44.0 Å². The van der Waals surface area contributed by atoms with Crippen molar-refractivity contribution in [1.82, 2.24) is 4.90 Å². The first-order valence-corrected chi connectivity index (χ1v) is 5.48. The third kappa shape index (κ3) is 4.00. The Bertz CT molecular complexity index is 299. The standard InChI is InChI=1S/C10H17F3N2O2.ClH/c1-7(14)2-3-8(16)15-5-4-9(17,6-15)10(11,12)13;/h7,17H,2-6,14H2,1H3;1H. The Hall–Kier alpha value is -0.530. The summed E-state index contributed by atoms with van der Waals surface area (Å²) in [6, 6.07) is -0.164. The SMILES string of the molecule is CC(N)CCC(=O)N1CCC(O)(C(F)(F)F)C1.Cl. The average molecular weight is 291 g/mol. The molecule has 0 aromatic carbocycles. The van der Waals surface area contributed by atoms with Crippen LogP contribution in [0.4, 0.5) is 13.2 Å². The minimum absolute atomic E-state index is 0. The number of alkyl halides is 3. The molecule has 1 rings (SSSR count). The lowest BCUT2D eigenvalue weighted by atomic mass is 10.0. The molecule has 8 heteroatoms. The van der Waals surface area contributed by atoms with Crippen LogP contribution in [0.2, 0.25) is 0 Å². The van der Waals surface area contributed by atoms with E-state index in [1.807, 2.05) is 0 Å². The lowest BCUT2D eigenvalue weighted by Crippen LogP contribution is -2.48. The molecule has 1 heterocycles. The monoisotopic (exact) mass is 290 g/mol. The van der Waals surface area contributed by atoms with Gasteiger partial charge in [0.1, 0.15) is 0 Å². The Balaban J connectivity index is 0.00000289. The maximum Gasteiger partial charge on any atom is 0.419 e. The maximum atomic E-state index is 12.5. The molecule has 0 spiro atoms. The van der Waals surface area contributed by atoms with E-state index in [-0.39, 0.29) is 37.3 Å². The van der Waals surface area contributed by atoms with E-state index in [9.17, 15) is 23.1 Å². The molecule has 0 bridgehead atoms. The molecule has 0 radical (unpaired) electrons. The molecule has 2 atom stereocenters. The lowest BCUT2D eigenvalue weighted by molar-refractivity contribution is -0.253. The number of carbonyl (C=O) groups excluding carboxylic acids is 1. The number of hydrogen-bond acceptors (Lipinski definition) is 3. The summed E-state index contributed by atoms with van der Waals surface area (Å²) in [5.74, 6) is -0.387. The van der Waals surface area contributed by atoms with Gasteiger partial charge in [-0.25, -0.2) is 0 Å². The fourth-order valence-electron chi connectivity index (χ4n) is 1.75. The van der Waals surface area contributed by atoms with E-state index in [2.05, 4.69) is 0 Å². The van der Waals surface area contributed by atoms with Crippen LogP contribution in [0.5, 0.6) is 0 Å². The molecule has 4 nitrogen and oxygen atoms in total.